The van der Waals surface area contributed by atoms with Crippen LogP contribution in [0.1, 0.15) is 18.1 Å². The zero-order valence-corrected chi connectivity index (χ0v) is 18.0. The predicted molar refractivity (Wildman–Crippen MR) is 115 cm³/mol. The molecule has 0 bridgehead atoms. The van der Waals surface area contributed by atoms with E-state index in [1.54, 1.807) is 25.3 Å². The zero-order chi connectivity index (χ0) is 21.1. The van der Waals surface area contributed by atoms with E-state index in [4.69, 9.17) is 14.2 Å². The normalized spacial score (nSPS) is 10.9. The molecule has 0 saturated heterocycles. The Morgan fingerprint density at radius 1 is 1.17 bits per heavy atom. The number of nitrogens with one attached hydrogen (secondary N) is 1. The van der Waals surface area contributed by atoms with Gasteiger partial charge < -0.3 is 19.5 Å². The van der Waals surface area contributed by atoms with Crippen molar-refractivity contribution in [1.82, 2.24) is 5.32 Å². The first kappa shape index (κ1) is 22.5. The van der Waals surface area contributed by atoms with Crippen LogP contribution in [-0.4, -0.2) is 32.8 Å². The number of benzene rings is 2. The molecule has 0 heterocycles. The van der Waals surface area contributed by atoms with E-state index in [1.807, 2.05) is 37.3 Å². The average molecular weight is 459 g/mol. The largest absolute Gasteiger partial charge is 0.490 e. The Morgan fingerprint density at radius 2 is 1.93 bits per heavy atom. The van der Waals surface area contributed by atoms with Crippen LogP contribution in [0.25, 0.3) is 6.08 Å². The van der Waals surface area contributed by atoms with Gasteiger partial charge in [0, 0.05) is 18.1 Å². The summed E-state index contributed by atoms with van der Waals surface area (Å²) in [4.78, 5) is 12.1. The van der Waals surface area contributed by atoms with E-state index in [0.29, 0.717) is 43.4 Å². The lowest BCUT2D eigenvalue weighted by Gasteiger charge is -2.13. The predicted octanol–water partition coefficient (Wildman–Crippen LogP) is 4.10. The topological polar surface area (TPSA) is 80.6 Å². The number of halogens is 1. The molecule has 0 aliphatic rings. The molecule has 1 N–H and O–H groups in total. The second kappa shape index (κ2) is 11.9. The van der Waals surface area contributed by atoms with E-state index >= 15 is 0 Å². The average Bonchev–Trinajstić information content (AvgIpc) is 2.73. The molecule has 0 fully saturated rings. The molecule has 0 saturated carbocycles. The third-order valence-electron chi connectivity index (χ3n) is 3.84. The van der Waals surface area contributed by atoms with Crippen LogP contribution in [-0.2, 0) is 16.1 Å². The number of amides is 1. The van der Waals surface area contributed by atoms with Crippen molar-refractivity contribution in [2.75, 3.05) is 26.9 Å². The number of carbonyl (C=O) groups is 1. The zero-order valence-electron chi connectivity index (χ0n) is 16.4. The summed E-state index contributed by atoms with van der Waals surface area (Å²) in [6, 6.07) is 15.1. The fraction of sp³-hybridized carbons (Fsp3) is 0.273. The van der Waals surface area contributed by atoms with Crippen molar-refractivity contribution in [2.24, 2.45) is 0 Å². The van der Waals surface area contributed by atoms with Crippen molar-refractivity contribution in [3.8, 4) is 17.6 Å². The first-order chi connectivity index (χ1) is 14.1. The minimum atomic E-state index is -0.446. The number of hydrogen-bond donors (Lipinski definition) is 1. The van der Waals surface area contributed by atoms with Gasteiger partial charge in [0.15, 0.2) is 11.5 Å². The van der Waals surface area contributed by atoms with Gasteiger partial charge in [0.25, 0.3) is 5.91 Å². The maximum atomic E-state index is 12.1. The first-order valence-electron chi connectivity index (χ1n) is 9.10. The molecule has 2 aromatic carbocycles. The summed E-state index contributed by atoms with van der Waals surface area (Å²) in [6.45, 7) is 3.45. The Hall–Kier alpha value is -2.82. The Morgan fingerprint density at radius 3 is 2.59 bits per heavy atom. The van der Waals surface area contributed by atoms with Gasteiger partial charge in [0.1, 0.15) is 18.2 Å². The van der Waals surface area contributed by atoms with E-state index in [0.717, 1.165) is 10.0 Å². The van der Waals surface area contributed by atoms with Crippen LogP contribution in [0, 0.1) is 11.3 Å². The Kier molecular flexibility index (Phi) is 9.22. The molecule has 1 amide bonds. The van der Waals surface area contributed by atoms with Crippen molar-refractivity contribution < 1.29 is 19.0 Å². The van der Waals surface area contributed by atoms with Crippen molar-refractivity contribution in [3.05, 3.63) is 63.6 Å². The smallest absolute Gasteiger partial charge is 0.262 e. The summed E-state index contributed by atoms with van der Waals surface area (Å²) in [5, 5.41) is 11.9. The van der Waals surface area contributed by atoms with Crippen LogP contribution < -0.4 is 14.8 Å². The van der Waals surface area contributed by atoms with Crippen molar-refractivity contribution in [1.29, 1.82) is 5.26 Å². The lowest BCUT2D eigenvalue weighted by atomic mass is 10.1. The molecule has 7 heteroatoms. The second-order valence-corrected chi connectivity index (χ2v) is 6.89. The SMILES string of the molecule is CCOc1cc(/C=C(\C#N)C(=O)NCCOC)ccc1OCc1ccc(Br)cc1. The van der Waals surface area contributed by atoms with E-state index < -0.39 is 5.91 Å². The summed E-state index contributed by atoms with van der Waals surface area (Å²) in [5.74, 6) is 0.698. The highest BCUT2D eigenvalue weighted by Crippen LogP contribution is 2.30. The molecule has 2 aromatic rings. The van der Waals surface area contributed by atoms with Crippen molar-refractivity contribution in [3.63, 3.8) is 0 Å². The molecule has 0 atom stereocenters. The minimum absolute atomic E-state index is 0.00656. The van der Waals surface area contributed by atoms with Gasteiger partial charge in [0.05, 0.1) is 13.2 Å². The van der Waals surface area contributed by atoms with Gasteiger partial charge in [0.2, 0.25) is 0 Å². The maximum Gasteiger partial charge on any atom is 0.262 e. The highest BCUT2D eigenvalue weighted by atomic mass is 79.9. The molecule has 0 aromatic heterocycles. The van der Waals surface area contributed by atoms with E-state index in [1.165, 1.54) is 6.08 Å². The fourth-order valence-corrected chi connectivity index (χ4v) is 2.69. The number of nitrogens with zero attached hydrogens (tertiary/aromatic N) is 1. The van der Waals surface area contributed by atoms with Gasteiger partial charge in [-0.25, -0.2) is 0 Å². The lowest BCUT2D eigenvalue weighted by Crippen LogP contribution is -2.27. The standard InChI is InChI=1S/C22H23BrN2O4/c1-3-28-21-13-17(12-18(14-24)22(26)25-10-11-27-2)6-9-20(21)29-15-16-4-7-19(23)8-5-16/h4-9,12-13H,3,10-11,15H2,1-2H3,(H,25,26)/b18-12+. The van der Waals surface area contributed by atoms with Gasteiger partial charge >= 0.3 is 0 Å². The van der Waals surface area contributed by atoms with Crippen LogP contribution >= 0.6 is 15.9 Å². The summed E-state index contributed by atoms with van der Waals surface area (Å²) in [7, 11) is 1.54. The quantitative estimate of drug-likeness (QED) is 0.329. The second-order valence-electron chi connectivity index (χ2n) is 5.97. The number of methoxy groups -OCH3 is 1. The number of rotatable bonds is 10. The Balaban J connectivity index is 2.15. The first-order valence-corrected chi connectivity index (χ1v) is 9.89. The highest BCUT2D eigenvalue weighted by Gasteiger charge is 2.11. The molecule has 0 unspecified atom stereocenters. The fourth-order valence-electron chi connectivity index (χ4n) is 2.42. The van der Waals surface area contributed by atoms with Gasteiger partial charge in [-0.3, -0.25) is 4.79 Å². The summed E-state index contributed by atoms with van der Waals surface area (Å²) in [6.07, 6.45) is 1.52. The molecule has 6 nitrogen and oxygen atoms in total. The molecular formula is C22H23BrN2O4. The van der Waals surface area contributed by atoms with Gasteiger partial charge in [-0.2, -0.15) is 5.26 Å². The molecule has 0 aliphatic carbocycles. The van der Waals surface area contributed by atoms with Gasteiger partial charge in [-0.15, -0.1) is 0 Å². The molecule has 0 radical (unpaired) electrons. The van der Waals surface area contributed by atoms with Gasteiger partial charge in [-0.05, 0) is 48.4 Å². The van der Waals surface area contributed by atoms with E-state index in [2.05, 4.69) is 21.2 Å². The number of hydrogen-bond acceptors (Lipinski definition) is 5. The van der Waals surface area contributed by atoms with Crippen LogP contribution in [0.2, 0.25) is 0 Å². The third kappa shape index (κ3) is 7.26. The minimum Gasteiger partial charge on any atom is -0.490 e. The van der Waals surface area contributed by atoms with Crippen molar-refractivity contribution >= 4 is 27.9 Å². The number of carbonyl (C=O) groups excluding carboxylic acids is 1. The molecular weight excluding hydrogens is 436 g/mol. The van der Waals surface area contributed by atoms with Crippen LogP contribution in [0.3, 0.4) is 0 Å². The molecule has 2 rings (SSSR count). The summed E-state index contributed by atoms with van der Waals surface area (Å²) < 4.78 is 17.5. The van der Waals surface area contributed by atoms with Crippen molar-refractivity contribution in [2.45, 2.75) is 13.5 Å². The highest BCUT2D eigenvalue weighted by molar-refractivity contribution is 9.10. The van der Waals surface area contributed by atoms with E-state index in [9.17, 15) is 10.1 Å². The Labute approximate surface area is 179 Å². The van der Waals surface area contributed by atoms with Crippen LogP contribution in [0.4, 0.5) is 0 Å². The molecule has 0 aliphatic heterocycles. The maximum absolute atomic E-state index is 12.1. The lowest BCUT2D eigenvalue weighted by molar-refractivity contribution is -0.117. The number of nitriles is 1. The van der Waals surface area contributed by atoms with Crippen LogP contribution in [0.15, 0.2) is 52.5 Å². The van der Waals surface area contributed by atoms with E-state index in [-0.39, 0.29) is 5.57 Å². The third-order valence-corrected chi connectivity index (χ3v) is 4.37. The molecule has 152 valence electrons. The summed E-state index contributed by atoms with van der Waals surface area (Å²) >= 11 is 3.41. The number of ether oxygens (including phenoxy) is 3. The molecule has 29 heavy (non-hydrogen) atoms. The monoisotopic (exact) mass is 458 g/mol. The Bertz CT molecular complexity index is 889. The van der Waals surface area contributed by atoms with Gasteiger partial charge in [-0.1, -0.05) is 34.1 Å². The summed E-state index contributed by atoms with van der Waals surface area (Å²) in [5.41, 5.74) is 1.70. The van der Waals surface area contributed by atoms with Crippen LogP contribution in [0.5, 0.6) is 11.5 Å². The molecule has 0 spiro atoms.